The highest BCUT2D eigenvalue weighted by Gasteiger charge is 2.36. The fourth-order valence-electron chi connectivity index (χ4n) is 1.86. The number of esters is 1. The Labute approximate surface area is 94.2 Å². The molecular formula is C12H15NO3. The number of rotatable bonds is 2. The average Bonchev–Trinajstić information content (AvgIpc) is 2.24. The maximum atomic E-state index is 11.4. The Morgan fingerprint density at radius 2 is 2.19 bits per heavy atom. The molecule has 0 atom stereocenters. The second-order valence-electron chi connectivity index (χ2n) is 4.16. The molecule has 1 aromatic carbocycles. The fraction of sp³-hybridized carbons (Fsp3) is 0.417. The summed E-state index contributed by atoms with van der Waals surface area (Å²) in [5, 5.41) is 13.1. The first-order valence-electron chi connectivity index (χ1n) is 5.19. The molecule has 0 bridgehead atoms. The molecule has 86 valence electrons. The van der Waals surface area contributed by atoms with E-state index in [2.05, 4.69) is 10.1 Å². The van der Waals surface area contributed by atoms with Crippen molar-refractivity contribution in [3.8, 4) is 0 Å². The summed E-state index contributed by atoms with van der Waals surface area (Å²) in [6.45, 7) is 2.96. The van der Waals surface area contributed by atoms with E-state index >= 15 is 0 Å². The van der Waals surface area contributed by atoms with Crippen molar-refractivity contribution >= 4 is 5.97 Å². The molecular weight excluding hydrogens is 206 g/mol. The van der Waals surface area contributed by atoms with Gasteiger partial charge >= 0.3 is 5.97 Å². The summed E-state index contributed by atoms with van der Waals surface area (Å²) in [4.78, 5) is 11.4. The zero-order valence-electron chi connectivity index (χ0n) is 9.41. The maximum absolute atomic E-state index is 11.4. The molecule has 1 saturated heterocycles. The van der Waals surface area contributed by atoms with Gasteiger partial charge < -0.3 is 15.2 Å². The van der Waals surface area contributed by atoms with Gasteiger partial charge in [-0.3, -0.25) is 0 Å². The number of methoxy groups -OCH3 is 1. The van der Waals surface area contributed by atoms with Crippen LogP contribution in [0.2, 0.25) is 0 Å². The van der Waals surface area contributed by atoms with Crippen molar-refractivity contribution in [1.29, 1.82) is 0 Å². The molecule has 0 aliphatic carbocycles. The number of hydrogen-bond donors (Lipinski definition) is 2. The Bertz CT molecular complexity index is 424. The molecule has 4 nitrogen and oxygen atoms in total. The molecule has 0 radical (unpaired) electrons. The van der Waals surface area contributed by atoms with Gasteiger partial charge in [0.2, 0.25) is 0 Å². The van der Waals surface area contributed by atoms with Gasteiger partial charge in [-0.05, 0) is 24.1 Å². The number of β-amino-alcohol motifs (C(OH)–C–C–N with tert-alkyl or cyclic N) is 1. The number of benzene rings is 1. The molecule has 2 N–H and O–H groups in total. The van der Waals surface area contributed by atoms with E-state index in [1.165, 1.54) is 7.11 Å². The third kappa shape index (κ3) is 1.70. The summed E-state index contributed by atoms with van der Waals surface area (Å²) >= 11 is 0. The average molecular weight is 221 g/mol. The molecule has 1 heterocycles. The van der Waals surface area contributed by atoms with Gasteiger partial charge in [0.25, 0.3) is 0 Å². The Hall–Kier alpha value is -1.39. The van der Waals surface area contributed by atoms with Gasteiger partial charge in [-0.15, -0.1) is 0 Å². The number of carbonyl (C=O) groups excluding carboxylic acids is 1. The molecule has 0 spiro atoms. The number of carbonyl (C=O) groups is 1. The number of nitrogens with one attached hydrogen (secondary N) is 1. The van der Waals surface area contributed by atoms with Crippen LogP contribution in [0.1, 0.15) is 21.5 Å². The molecule has 0 unspecified atom stereocenters. The van der Waals surface area contributed by atoms with Gasteiger partial charge in [-0.1, -0.05) is 12.1 Å². The number of ether oxygens (including phenoxy) is 1. The molecule has 1 aliphatic heterocycles. The van der Waals surface area contributed by atoms with E-state index in [1.54, 1.807) is 12.1 Å². The zero-order chi connectivity index (χ0) is 11.8. The van der Waals surface area contributed by atoms with E-state index in [-0.39, 0.29) is 5.97 Å². The SMILES string of the molecule is COC(=O)c1ccc(C2(O)CNC2)cc1C. The van der Waals surface area contributed by atoms with Gasteiger partial charge in [0.05, 0.1) is 12.7 Å². The normalized spacial score (nSPS) is 17.7. The van der Waals surface area contributed by atoms with Crippen molar-refractivity contribution < 1.29 is 14.6 Å². The van der Waals surface area contributed by atoms with E-state index in [0.717, 1.165) is 11.1 Å². The van der Waals surface area contributed by atoms with Crippen LogP contribution in [-0.4, -0.2) is 31.3 Å². The molecule has 1 aliphatic rings. The van der Waals surface area contributed by atoms with Crippen LogP contribution in [0.15, 0.2) is 18.2 Å². The lowest BCUT2D eigenvalue weighted by atomic mass is 9.86. The Balaban J connectivity index is 2.32. The Morgan fingerprint density at radius 3 is 2.62 bits per heavy atom. The molecule has 1 aromatic rings. The fourth-order valence-corrected chi connectivity index (χ4v) is 1.86. The quantitative estimate of drug-likeness (QED) is 0.717. The number of aryl methyl sites for hydroxylation is 1. The lowest BCUT2D eigenvalue weighted by molar-refractivity contribution is -0.0147. The highest BCUT2D eigenvalue weighted by Crippen LogP contribution is 2.27. The van der Waals surface area contributed by atoms with E-state index in [1.807, 2.05) is 13.0 Å². The van der Waals surface area contributed by atoms with Gasteiger partial charge in [-0.2, -0.15) is 0 Å². The summed E-state index contributed by atoms with van der Waals surface area (Å²) in [6, 6.07) is 5.32. The van der Waals surface area contributed by atoms with E-state index < -0.39 is 5.60 Å². The molecule has 2 rings (SSSR count). The van der Waals surface area contributed by atoms with Crippen LogP contribution in [0.5, 0.6) is 0 Å². The first-order chi connectivity index (χ1) is 7.57. The number of hydrogen-bond acceptors (Lipinski definition) is 4. The standard InChI is InChI=1S/C12H15NO3/c1-8-5-9(12(15)6-13-7-12)3-4-10(8)11(14)16-2/h3-5,13,15H,6-7H2,1-2H3. The van der Waals surface area contributed by atoms with Gasteiger partial charge in [0.1, 0.15) is 5.60 Å². The minimum Gasteiger partial charge on any atom is -0.465 e. The molecule has 16 heavy (non-hydrogen) atoms. The summed E-state index contributed by atoms with van der Waals surface area (Å²) in [6.07, 6.45) is 0. The predicted octanol–water partition coefficient (Wildman–Crippen LogP) is 0.572. The van der Waals surface area contributed by atoms with Crippen molar-refractivity contribution in [1.82, 2.24) is 5.32 Å². The highest BCUT2D eigenvalue weighted by molar-refractivity contribution is 5.91. The third-order valence-electron chi connectivity index (χ3n) is 3.00. The zero-order valence-corrected chi connectivity index (χ0v) is 9.41. The van der Waals surface area contributed by atoms with E-state index in [9.17, 15) is 9.90 Å². The molecule has 4 heteroatoms. The second kappa shape index (κ2) is 3.88. The topological polar surface area (TPSA) is 58.6 Å². The van der Waals surface area contributed by atoms with Crippen LogP contribution < -0.4 is 5.32 Å². The van der Waals surface area contributed by atoms with Crippen molar-refractivity contribution in [2.75, 3.05) is 20.2 Å². The van der Waals surface area contributed by atoms with Crippen molar-refractivity contribution in [3.63, 3.8) is 0 Å². The maximum Gasteiger partial charge on any atom is 0.338 e. The van der Waals surface area contributed by atoms with Crippen molar-refractivity contribution in [3.05, 3.63) is 34.9 Å². The molecule has 0 amide bonds. The summed E-state index contributed by atoms with van der Waals surface area (Å²) in [5.41, 5.74) is 1.43. The summed E-state index contributed by atoms with van der Waals surface area (Å²) < 4.78 is 4.67. The monoisotopic (exact) mass is 221 g/mol. The summed E-state index contributed by atoms with van der Waals surface area (Å²) in [5.74, 6) is -0.345. The van der Waals surface area contributed by atoms with Crippen LogP contribution in [-0.2, 0) is 10.3 Å². The van der Waals surface area contributed by atoms with Crippen molar-refractivity contribution in [2.45, 2.75) is 12.5 Å². The van der Waals surface area contributed by atoms with Gasteiger partial charge in [0, 0.05) is 13.1 Å². The van der Waals surface area contributed by atoms with E-state index in [4.69, 9.17) is 0 Å². The second-order valence-corrected chi connectivity index (χ2v) is 4.16. The highest BCUT2D eigenvalue weighted by atomic mass is 16.5. The molecule has 0 aromatic heterocycles. The first kappa shape index (κ1) is 11.1. The van der Waals surface area contributed by atoms with Gasteiger partial charge in [-0.25, -0.2) is 4.79 Å². The Morgan fingerprint density at radius 1 is 1.50 bits per heavy atom. The number of aliphatic hydroxyl groups is 1. The smallest absolute Gasteiger partial charge is 0.338 e. The predicted molar refractivity (Wildman–Crippen MR) is 59.3 cm³/mol. The molecule has 0 saturated carbocycles. The first-order valence-corrected chi connectivity index (χ1v) is 5.19. The molecule has 1 fully saturated rings. The van der Waals surface area contributed by atoms with Crippen LogP contribution in [0.25, 0.3) is 0 Å². The lowest BCUT2D eigenvalue weighted by Gasteiger charge is -2.38. The van der Waals surface area contributed by atoms with Crippen LogP contribution in [0.4, 0.5) is 0 Å². The largest absolute Gasteiger partial charge is 0.465 e. The van der Waals surface area contributed by atoms with Crippen LogP contribution in [0.3, 0.4) is 0 Å². The van der Waals surface area contributed by atoms with Crippen LogP contribution in [0, 0.1) is 6.92 Å². The minimum absolute atomic E-state index is 0.345. The van der Waals surface area contributed by atoms with Crippen LogP contribution >= 0.6 is 0 Å². The lowest BCUT2D eigenvalue weighted by Crippen LogP contribution is -2.56. The van der Waals surface area contributed by atoms with E-state index in [0.29, 0.717) is 18.7 Å². The minimum atomic E-state index is -0.778. The Kier molecular flexibility index (Phi) is 2.69. The van der Waals surface area contributed by atoms with Gasteiger partial charge in [0.15, 0.2) is 0 Å². The third-order valence-corrected chi connectivity index (χ3v) is 3.00. The van der Waals surface area contributed by atoms with Crippen molar-refractivity contribution in [2.24, 2.45) is 0 Å². The summed E-state index contributed by atoms with van der Waals surface area (Å²) in [7, 11) is 1.36.